The number of benzene rings is 2. The van der Waals surface area contributed by atoms with Crippen molar-refractivity contribution in [1.29, 1.82) is 0 Å². The van der Waals surface area contributed by atoms with Gasteiger partial charge in [0.15, 0.2) is 0 Å². The van der Waals surface area contributed by atoms with Gasteiger partial charge in [-0.3, -0.25) is 19.5 Å². The number of rotatable bonds is 9. The first kappa shape index (κ1) is 25.4. The van der Waals surface area contributed by atoms with Gasteiger partial charge in [-0.25, -0.2) is 0 Å². The van der Waals surface area contributed by atoms with Crippen molar-refractivity contribution in [2.24, 2.45) is 5.73 Å². The van der Waals surface area contributed by atoms with Gasteiger partial charge in [0.2, 0.25) is 5.91 Å². The van der Waals surface area contributed by atoms with Crippen LogP contribution in [0.15, 0.2) is 73.1 Å². The normalized spacial score (nSPS) is 14.4. The van der Waals surface area contributed by atoms with Crippen LogP contribution in [0.2, 0.25) is 0 Å². The molecule has 1 aromatic heterocycles. The number of hydrogen-bond donors (Lipinski definition) is 1. The van der Waals surface area contributed by atoms with Crippen molar-refractivity contribution in [3.8, 4) is 0 Å². The summed E-state index contributed by atoms with van der Waals surface area (Å²) in [7, 11) is 0. The van der Waals surface area contributed by atoms with Gasteiger partial charge in [0, 0.05) is 73.7 Å². The Morgan fingerprint density at radius 1 is 0.944 bits per heavy atom. The Morgan fingerprint density at radius 2 is 1.67 bits per heavy atom. The lowest BCUT2D eigenvalue weighted by atomic mass is 9.99. The van der Waals surface area contributed by atoms with Gasteiger partial charge in [-0.15, -0.1) is 0 Å². The summed E-state index contributed by atoms with van der Waals surface area (Å²) in [6.07, 6.45) is 5.67. The highest BCUT2D eigenvalue weighted by atomic mass is 16.2. The molecule has 0 spiro atoms. The Balaban J connectivity index is 1.58. The highest BCUT2D eigenvalue weighted by molar-refractivity contribution is 5.95. The van der Waals surface area contributed by atoms with Gasteiger partial charge in [-0.2, -0.15) is 0 Å². The molecule has 0 saturated carbocycles. The molecule has 0 aliphatic carbocycles. The number of amides is 2. The van der Waals surface area contributed by atoms with Gasteiger partial charge in [0.05, 0.1) is 0 Å². The quantitative estimate of drug-likeness (QED) is 0.484. The number of nitrogens with two attached hydrogens (primary N) is 1. The third kappa shape index (κ3) is 5.91. The highest BCUT2D eigenvalue weighted by Crippen LogP contribution is 2.33. The van der Waals surface area contributed by atoms with Crippen LogP contribution in [0.1, 0.15) is 53.0 Å². The first-order chi connectivity index (χ1) is 17.5. The second-order valence-corrected chi connectivity index (χ2v) is 9.18. The molecule has 1 aliphatic rings. The van der Waals surface area contributed by atoms with E-state index in [2.05, 4.69) is 20.9 Å². The van der Waals surface area contributed by atoms with E-state index in [1.807, 2.05) is 73.5 Å². The van der Waals surface area contributed by atoms with Crippen molar-refractivity contribution < 1.29 is 9.59 Å². The summed E-state index contributed by atoms with van der Waals surface area (Å²) in [6.45, 7) is 8.16. The lowest BCUT2D eigenvalue weighted by Crippen LogP contribution is -2.43. The van der Waals surface area contributed by atoms with E-state index < -0.39 is 5.91 Å². The largest absolute Gasteiger partial charge is 0.366 e. The van der Waals surface area contributed by atoms with Gasteiger partial charge < -0.3 is 15.5 Å². The van der Waals surface area contributed by atoms with Crippen molar-refractivity contribution >= 4 is 23.2 Å². The third-order valence-corrected chi connectivity index (χ3v) is 6.90. The molecule has 2 N–H and O–H groups in total. The molecule has 1 aliphatic heterocycles. The van der Waals surface area contributed by atoms with Gasteiger partial charge in [0.1, 0.15) is 0 Å². The van der Waals surface area contributed by atoms with Crippen LogP contribution in [0.3, 0.4) is 0 Å². The van der Waals surface area contributed by atoms with E-state index in [0.717, 1.165) is 43.9 Å². The topological polar surface area (TPSA) is 82.8 Å². The summed E-state index contributed by atoms with van der Waals surface area (Å²) in [6, 6.07) is 19.7. The second-order valence-electron chi connectivity index (χ2n) is 9.18. The van der Waals surface area contributed by atoms with Crippen LogP contribution >= 0.6 is 0 Å². The SMILES string of the molecule is CCN(CC)C(=O)c1ccc(N(c2cccc(C(N)=O)c2)C2CCN(Cc3cccnc3)CC2)cc1. The third-order valence-electron chi connectivity index (χ3n) is 6.90. The number of pyridine rings is 1. The standard InChI is InChI=1S/C29H35N5O2/c1-3-33(4-2)29(36)23-10-12-25(13-11-23)34(27-9-5-8-24(19-27)28(30)35)26-14-17-32(18-15-26)21-22-7-6-16-31-20-22/h5-13,16,19-20,26H,3-4,14-15,17-18,21H2,1-2H3,(H2,30,35). The molecule has 2 aromatic carbocycles. The Kier molecular flexibility index (Phi) is 8.33. The maximum Gasteiger partial charge on any atom is 0.253 e. The second kappa shape index (κ2) is 11.8. The Labute approximate surface area is 213 Å². The molecule has 2 amide bonds. The fourth-order valence-corrected chi connectivity index (χ4v) is 4.92. The molecule has 2 heterocycles. The molecule has 188 valence electrons. The zero-order chi connectivity index (χ0) is 25.5. The predicted octanol–water partition coefficient (Wildman–Crippen LogP) is 4.47. The molecular formula is C29H35N5O2. The number of primary amides is 1. The monoisotopic (exact) mass is 485 g/mol. The summed E-state index contributed by atoms with van der Waals surface area (Å²) in [5.41, 5.74) is 9.90. The predicted molar refractivity (Wildman–Crippen MR) is 143 cm³/mol. The van der Waals surface area contributed by atoms with Crippen molar-refractivity contribution in [2.75, 3.05) is 31.1 Å². The lowest BCUT2D eigenvalue weighted by molar-refractivity contribution is 0.0772. The highest BCUT2D eigenvalue weighted by Gasteiger charge is 2.27. The van der Waals surface area contributed by atoms with Gasteiger partial charge in [-0.1, -0.05) is 12.1 Å². The molecule has 7 nitrogen and oxygen atoms in total. The maximum atomic E-state index is 12.8. The van der Waals surface area contributed by atoms with E-state index in [1.165, 1.54) is 5.56 Å². The molecule has 36 heavy (non-hydrogen) atoms. The molecule has 0 bridgehead atoms. The van der Waals surface area contributed by atoms with E-state index in [4.69, 9.17) is 5.73 Å². The van der Waals surface area contributed by atoms with E-state index in [0.29, 0.717) is 24.2 Å². The van der Waals surface area contributed by atoms with Gasteiger partial charge in [-0.05, 0) is 80.8 Å². The van der Waals surface area contributed by atoms with Crippen LogP contribution in [0, 0.1) is 0 Å². The summed E-state index contributed by atoms with van der Waals surface area (Å²) < 4.78 is 0. The Hall–Kier alpha value is -3.71. The first-order valence-corrected chi connectivity index (χ1v) is 12.7. The Morgan fingerprint density at radius 3 is 2.28 bits per heavy atom. The summed E-state index contributed by atoms with van der Waals surface area (Å²) >= 11 is 0. The van der Waals surface area contributed by atoms with E-state index >= 15 is 0 Å². The molecule has 0 atom stereocenters. The molecule has 3 aromatic rings. The smallest absolute Gasteiger partial charge is 0.253 e. The van der Waals surface area contributed by atoms with Crippen molar-refractivity contribution in [3.05, 3.63) is 89.7 Å². The number of aromatic nitrogens is 1. The number of nitrogens with zero attached hydrogens (tertiary/aromatic N) is 4. The summed E-state index contributed by atoms with van der Waals surface area (Å²) in [5, 5.41) is 0. The minimum Gasteiger partial charge on any atom is -0.366 e. The minimum absolute atomic E-state index is 0.0394. The molecule has 7 heteroatoms. The number of piperidine rings is 1. The van der Waals surface area contributed by atoms with E-state index in [1.54, 1.807) is 12.3 Å². The van der Waals surface area contributed by atoms with E-state index in [9.17, 15) is 9.59 Å². The maximum absolute atomic E-state index is 12.8. The average Bonchev–Trinajstić information content (AvgIpc) is 2.91. The van der Waals surface area contributed by atoms with Crippen LogP contribution in [0.5, 0.6) is 0 Å². The zero-order valence-corrected chi connectivity index (χ0v) is 21.1. The molecule has 0 radical (unpaired) electrons. The summed E-state index contributed by atoms with van der Waals surface area (Å²) in [5.74, 6) is -0.402. The fourth-order valence-electron chi connectivity index (χ4n) is 4.92. The van der Waals surface area contributed by atoms with Crippen LogP contribution in [0.25, 0.3) is 0 Å². The van der Waals surface area contributed by atoms with Crippen molar-refractivity contribution in [3.63, 3.8) is 0 Å². The Bertz CT molecular complexity index is 1150. The lowest BCUT2D eigenvalue weighted by Gasteiger charge is -2.40. The number of hydrogen-bond acceptors (Lipinski definition) is 5. The molecular weight excluding hydrogens is 450 g/mol. The number of anilines is 2. The molecule has 0 unspecified atom stereocenters. The zero-order valence-electron chi connectivity index (χ0n) is 21.1. The number of carbonyl (C=O) groups excluding carboxylic acids is 2. The number of carbonyl (C=O) groups is 2. The first-order valence-electron chi connectivity index (χ1n) is 12.7. The van der Waals surface area contributed by atoms with Crippen molar-refractivity contribution in [2.45, 2.75) is 39.3 Å². The van der Waals surface area contributed by atoms with Crippen LogP contribution in [-0.4, -0.2) is 58.8 Å². The van der Waals surface area contributed by atoms with Gasteiger partial charge >= 0.3 is 0 Å². The number of likely N-dealkylation sites (tertiary alicyclic amines) is 1. The van der Waals surface area contributed by atoms with E-state index in [-0.39, 0.29) is 11.9 Å². The molecule has 1 fully saturated rings. The average molecular weight is 486 g/mol. The molecule has 4 rings (SSSR count). The summed E-state index contributed by atoms with van der Waals surface area (Å²) in [4.78, 5) is 35.5. The van der Waals surface area contributed by atoms with Crippen LogP contribution in [-0.2, 0) is 6.54 Å². The van der Waals surface area contributed by atoms with Crippen LogP contribution < -0.4 is 10.6 Å². The van der Waals surface area contributed by atoms with Gasteiger partial charge in [0.25, 0.3) is 5.91 Å². The van der Waals surface area contributed by atoms with Crippen molar-refractivity contribution in [1.82, 2.24) is 14.8 Å². The molecule has 1 saturated heterocycles. The fraction of sp³-hybridized carbons (Fsp3) is 0.345. The van der Waals surface area contributed by atoms with Crippen LogP contribution in [0.4, 0.5) is 11.4 Å². The minimum atomic E-state index is -0.441.